The fraction of sp³-hybridized carbons (Fsp3) is 0.312. The molecule has 1 aromatic heterocycles. The van der Waals surface area contributed by atoms with Gasteiger partial charge >= 0.3 is 6.18 Å². The summed E-state index contributed by atoms with van der Waals surface area (Å²) in [6, 6.07) is 8.59. The van der Waals surface area contributed by atoms with Gasteiger partial charge in [0.15, 0.2) is 0 Å². The van der Waals surface area contributed by atoms with E-state index >= 15 is 0 Å². The topological polar surface area (TPSA) is 81.6 Å². The van der Waals surface area contributed by atoms with E-state index < -0.39 is 24.2 Å². The van der Waals surface area contributed by atoms with Gasteiger partial charge in [0.1, 0.15) is 5.69 Å². The first-order chi connectivity index (χ1) is 11.6. The molecule has 9 heteroatoms. The van der Waals surface area contributed by atoms with Gasteiger partial charge < -0.3 is 5.11 Å². The molecule has 0 saturated carbocycles. The van der Waals surface area contributed by atoms with Gasteiger partial charge in [-0.05, 0) is 19.9 Å². The summed E-state index contributed by atoms with van der Waals surface area (Å²) in [4.78, 5) is 12.4. The third-order valence-corrected chi connectivity index (χ3v) is 3.93. The Morgan fingerprint density at radius 3 is 2.52 bits per heavy atom. The van der Waals surface area contributed by atoms with E-state index in [0.717, 1.165) is 5.56 Å². The molecule has 0 bridgehead atoms. The SMILES string of the molecule is CC1=NN(C(=O)c2cc(-c3ccc(C)cc3)n[nH]2)[C@](O)(C(F)(F)F)C1. The number of hydrogen-bond donors (Lipinski definition) is 2. The highest BCUT2D eigenvalue weighted by atomic mass is 19.4. The number of H-pyrrole nitrogens is 1. The number of nitrogens with zero attached hydrogens (tertiary/aromatic N) is 3. The van der Waals surface area contributed by atoms with Gasteiger partial charge in [-0.3, -0.25) is 9.89 Å². The zero-order chi connectivity index (χ0) is 18.4. The minimum atomic E-state index is -5.04. The maximum absolute atomic E-state index is 13.2. The first-order valence-corrected chi connectivity index (χ1v) is 7.42. The van der Waals surface area contributed by atoms with Crippen molar-refractivity contribution in [3.63, 3.8) is 0 Å². The van der Waals surface area contributed by atoms with E-state index in [-0.39, 0.29) is 16.4 Å². The second-order valence-electron chi connectivity index (χ2n) is 5.98. The predicted molar refractivity (Wildman–Crippen MR) is 83.7 cm³/mol. The first-order valence-electron chi connectivity index (χ1n) is 7.42. The number of carbonyl (C=O) groups excluding carboxylic acids is 1. The highest BCUT2D eigenvalue weighted by molar-refractivity contribution is 5.97. The van der Waals surface area contributed by atoms with Gasteiger partial charge in [0.05, 0.1) is 5.69 Å². The van der Waals surface area contributed by atoms with Crippen molar-refractivity contribution in [3.8, 4) is 11.3 Å². The van der Waals surface area contributed by atoms with E-state index in [0.29, 0.717) is 11.3 Å². The molecule has 0 radical (unpaired) electrons. The highest BCUT2D eigenvalue weighted by Crippen LogP contribution is 2.40. The summed E-state index contributed by atoms with van der Waals surface area (Å²) in [5, 5.41) is 20.0. The largest absolute Gasteiger partial charge is 0.438 e. The normalized spacial score (nSPS) is 20.7. The highest BCUT2D eigenvalue weighted by Gasteiger charge is 2.62. The third kappa shape index (κ3) is 2.91. The molecule has 0 aliphatic carbocycles. The van der Waals surface area contributed by atoms with Gasteiger partial charge in [-0.15, -0.1) is 0 Å². The second-order valence-corrected chi connectivity index (χ2v) is 5.98. The predicted octanol–water partition coefficient (Wildman–Crippen LogP) is 2.86. The molecule has 2 heterocycles. The Balaban J connectivity index is 1.92. The van der Waals surface area contributed by atoms with Crippen LogP contribution < -0.4 is 0 Å². The molecule has 0 unspecified atom stereocenters. The van der Waals surface area contributed by atoms with E-state index in [1.54, 1.807) is 12.1 Å². The van der Waals surface area contributed by atoms with Crippen molar-refractivity contribution in [1.82, 2.24) is 15.2 Å². The number of alkyl halides is 3. The fourth-order valence-corrected chi connectivity index (χ4v) is 2.57. The summed E-state index contributed by atoms with van der Waals surface area (Å²) in [5.74, 6) is -1.11. The average molecular weight is 352 g/mol. The summed E-state index contributed by atoms with van der Waals surface area (Å²) >= 11 is 0. The number of amides is 1. The Hall–Kier alpha value is -2.68. The van der Waals surface area contributed by atoms with Crippen LogP contribution >= 0.6 is 0 Å². The monoisotopic (exact) mass is 352 g/mol. The summed E-state index contributed by atoms with van der Waals surface area (Å²) in [6.45, 7) is 3.23. The lowest BCUT2D eigenvalue weighted by atomic mass is 10.1. The molecule has 0 saturated heterocycles. The number of hydrogen-bond acceptors (Lipinski definition) is 4. The molecule has 3 rings (SSSR count). The number of aromatic nitrogens is 2. The fourth-order valence-electron chi connectivity index (χ4n) is 2.57. The maximum Gasteiger partial charge on any atom is 0.438 e. The summed E-state index contributed by atoms with van der Waals surface area (Å²) in [7, 11) is 0. The van der Waals surface area contributed by atoms with Crippen molar-refractivity contribution in [2.45, 2.75) is 32.2 Å². The number of aromatic amines is 1. The van der Waals surface area contributed by atoms with E-state index in [1.165, 1.54) is 13.0 Å². The third-order valence-electron chi connectivity index (χ3n) is 3.93. The summed E-state index contributed by atoms with van der Waals surface area (Å²) in [5.41, 5.74) is -1.41. The molecule has 1 amide bonds. The molecule has 1 aliphatic heterocycles. The van der Waals surface area contributed by atoms with Crippen molar-refractivity contribution < 1.29 is 23.1 Å². The number of hydrazone groups is 1. The molecule has 2 N–H and O–H groups in total. The van der Waals surface area contributed by atoms with E-state index in [1.807, 2.05) is 19.1 Å². The van der Waals surface area contributed by atoms with Crippen molar-refractivity contribution in [3.05, 3.63) is 41.6 Å². The van der Waals surface area contributed by atoms with Crippen LogP contribution in [0.25, 0.3) is 11.3 Å². The molecule has 132 valence electrons. The standard InChI is InChI=1S/C16H15F3N4O2/c1-9-3-5-11(6-4-9)12-7-13(21-20-12)14(24)23-15(25,16(17,18)19)8-10(2)22-23/h3-7,25H,8H2,1-2H3,(H,20,21)/t15-/m1/s1. The lowest BCUT2D eigenvalue weighted by Crippen LogP contribution is -2.56. The van der Waals surface area contributed by atoms with Gasteiger partial charge in [0.25, 0.3) is 11.6 Å². The number of carbonyl (C=O) groups is 1. The Bertz CT molecular complexity index is 842. The van der Waals surface area contributed by atoms with Gasteiger partial charge in [0.2, 0.25) is 0 Å². The quantitative estimate of drug-likeness (QED) is 0.872. The molecule has 1 aromatic carbocycles. The van der Waals surface area contributed by atoms with Gasteiger partial charge in [0, 0.05) is 17.7 Å². The van der Waals surface area contributed by atoms with Crippen molar-refractivity contribution >= 4 is 11.6 Å². The zero-order valence-corrected chi connectivity index (χ0v) is 13.4. The number of rotatable bonds is 2. The molecule has 1 atom stereocenters. The van der Waals surface area contributed by atoms with Gasteiger partial charge in [-0.25, -0.2) is 0 Å². The van der Waals surface area contributed by atoms with E-state index in [4.69, 9.17) is 0 Å². The first kappa shape index (κ1) is 17.2. The Kier molecular flexibility index (Phi) is 3.91. The molecule has 0 fully saturated rings. The Morgan fingerprint density at radius 2 is 1.92 bits per heavy atom. The summed E-state index contributed by atoms with van der Waals surface area (Å²) < 4.78 is 39.6. The molecular weight excluding hydrogens is 337 g/mol. The molecular formula is C16H15F3N4O2. The Labute approximate surface area is 141 Å². The number of benzene rings is 1. The minimum Gasteiger partial charge on any atom is -0.362 e. The van der Waals surface area contributed by atoms with Crippen LogP contribution in [0.4, 0.5) is 13.2 Å². The zero-order valence-electron chi connectivity index (χ0n) is 13.4. The van der Waals surface area contributed by atoms with Crippen molar-refractivity contribution in [1.29, 1.82) is 0 Å². The van der Waals surface area contributed by atoms with Crippen LogP contribution in [0.5, 0.6) is 0 Å². The lowest BCUT2D eigenvalue weighted by molar-refractivity contribution is -0.297. The maximum atomic E-state index is 13.2. The van der Waals surface area contributed by atoms with Crippen molar-refractivity contribution in [2.24, 2.45) is 5.10 Å². The number of aryl methyl sites for hydroxylation is 1. The van der Waals surface area contributed by atoms with Crippen LogP contribution in [0, 0.1) is 6.92 Å². The van der Waals surface area contributed by atoms with Crippen LogP contribution in [-0.4, -0.2) is 43.8 Å². The van der Waals surface area contributed by atoms with Crippen LogP contribution in [0.2, 0.25) is 0 Å². The van der Waals surface area contributed by atoms with Crippen LogP contribution in [-0.2, 0) is 0 Å². The van der Waals surface area contributed by atoms with Crippen LogP contribution in [0.15, 0.2) is 35.4 Å². The van der Waals surface area contributed by atoms with Crippen LogP contribution in [0.1, 0.15) is 29.4 Å². The molecule has 2 aromatic rings. The van der Waals surface area contributed by atoms with E-state index in [2.05, 4.69) is 15.3 Å². The van der Waals surface area contributed by atoms with Crippen molar-refractivity contribution in [2.75, 3.05) is 0 Å². The molecule has 25 heavy (non-hydrogen) atoms. The number of aliphatic hydroxyl groups is 1. The van der Waals surface area contributed by atoms with Gasteiger partial charge in [-0.2, -0.15) is 28.4 Å². The smallest absolute Gasteiger partial charge is 0.362 e. The van der Waals surface area contributed by atoms with Gasteiger partial charge in [-0.1, -0.05) is 29.8 Å². The molecule has 6 nitrogen and oxygen atoms in total. The van der Waals surface area contributed by atoms with E-state index in [9.17, 15) is 23.1 Å². The van der Waals surface area contributed by atoms with Crippen LogP contribution in [0.3, 0.4) is 0 Å². The molecule has 0 spiro atoms. The molecule has 1 aliphatic rings. The summed E-state index contributed by atoms with van der Waals surface area (Å²) in [6.07, 6.45) is -5.83. The minimum absolute atomic E-state index is 0.00597. The average Bonchev–Trinajstić information content (AvgIpc) is 3.12. The number of nitrogens with one attached hydrogen (secondary N) is 1. The Morgan fingerprint density at radius 1 is 1.28 bits per heavy atom. The lowest BCUT2D eigenvalue weighted by Gasteiger charge is -2.32. The number of halogens is 3. The second kappa shape index (κ2) is 5.69.